The third kappa shape index (κ3) is 2.79. The number of benzene rings is 2. The van der Waals surface area contributed by atoms with Gasteiger partial charge in [-0.25, -0.2) is 9.97 Å². The number of hydrogen-bond donors (Lipinski definition) is 2. The minimum absolute atomic E-state index is 0. The number of nitrogens with zero attached hydrogens (tertiary/aromatic N) is 2. The van der Waals surface area contributed by atoms with Gasteiger partial charge in [0.1, 0.15) is 11.8 Å². The first-order chi connectivity index (χ1) is 11.1. The Morgan fingerprint density at radius 1 is 1.00 bits per heavy atom. The third-order valence-electron chi connectivity index (χ3n) is 3.96. The number of pyridine rings is 1. The van der Waals surface area contributed by atoms with E-state index in [1.54, 1.807) is 6.33 Å². The topological polar surface area (TPSA) is 53.6 Å². The highest BCUT2D eigenvalue weighted by Gasteiger charge is 2.11. The first-order valence-electron chi connectivity index (χ1n) is 7.38. The molecule has 0 saturated carbocycles. The number of aromatic nitrogens is 3. The van der Waals surface area contributed by atoms with E-state index in [9.17, 15) is 0 Å². The van der Waals surface area contributed by atoms with E-state index in [1.165, 1.54) is 0 Å². The van der Waals surface area contributed by atoms with Crippen LogP contribution >= 0.6 is 24.0 Å². The number of hydrogen-bond acceptors (Lipinski definition) is 3. The first kappa shape index (κ1) is 16.6. The van der Waals surface area contributed by atoms with Gasteiger partial charge in [-0.2, -0.15) is 0 Å². The fraction of sp³-hybridized carbons (Fsp3) is 0.111. The quantitative estimate of drug-likeness (QED) is 0.494. The normalized spacial score (nSPS) is 10.8. The van der Waals surface area contributed by atoms with E-state index in [1.807, 2.05) is 44.2 Å². The molecule has 2 aromatic carbocycles. The predicted molar refractivity (Wildman–Crippen MR) is 103 cm³/mol. The third-order valence-corrected chi connectivity index (χ3v) is 4.20. The zero-order valence-electron chi connectivity index (χ0n) is 13.2. The van der Waals surface area contributed by atoms with Crippen LogP contribution in [0.2, 0.25) is 5.02 Å². The van der Waals surface area contributed by atoms with Crippen molar-refractivity contribution in [1.29, 1.82) is 0 Å². The zero-order chi connectivity index (χ0) is 16.0. The van der Waals surface area contributed by atoms with Crippen molar-refractivity contribution >= 4 is 57.3 Å². The summed E-state index contributed by atoms with van der Waals surface area (Å²) < 4.78 is 0. The fourth-order valence-electron chi connectivity index (χ4n) is 2.89. The molecule has 0 aliphatic rings. The van der Waals surface area contributed by atoms with Gasteiger partial charge < -0.3 is 10.3 Å². The van der Waals surface area contributed by atoms with Crippen LogP contribution in [-0.2, 0) is 0 Å². The second-order valence-corrected chi connectivity index (χ2v) is 6.12. The average Bonchev–Trinajstić information content (AvgIpc) is 2.98. The maximum Gasteiger partial charge on any atom is 0.116 e. The van der Waals surface area contributed by atoms with Crippen LogP contribution < -0.4 is 5.32 Å². The Morgan fingerprint density at radius 2 is 1.83 bits per heavy atom. The van der Waals surface area contributed by atoms with Crippen LogP contribution in [0.1, 0.15) is 11.3 Å². The van der Waals surface area contributed by atoms with E-state index in [0.29, 0.717) is 0 Å². The summed E-state index contributed by atoms with van der Waals surface area (Å²) in [5.41, 5.74) is 7.03. The number of rotatable bonds is 2. The molecule has 122 valence electrons. The maximum atomic E-state index is 6.05. The minimum atomic E-state index is 0. The molecular weight excluding hydrogens is 343 g/mol. The Labute approximate surface area is 150 Å². The molecule has 0 atom stereocenters. The summed E-state index contributed by atoms with van der Waals surface area (Å²) in [6.45, 7) is 4.08. The molecule has 0 aliphatic heterocycles. The molecule has 2 heterocycles. The van der Waals surface area contributed by atoms with Gasteiger partial charge in [0.15, 0.2) is 0 Å². The summed E-state index contributed by atoms with van der Waals surface area (Å²) in [4.78, 5) is 12.1. The molecule has 2 N–H and O–H groups in total. The van der Waals surface area contributed by atoms with Gasteiger partial charge >= 0.3 is 0 Å². The maximum absolute atomic E-state index is 6.05. The van der Waals surface area contributed by atoms with Gasteiger partial charge in [-0.1, -0.05) is 11.6 Å². The largest absolute Gasteiger partial charge is 0.358 e. The highest BCUT2D eigenvalue weighted by molar-refractivity contribution is 6.30. The lowest BCUT2D eigenvalue weighted by molar-refractivity contribution is 1.25. The summed E-state index contributed by atoms with van der Waals surface area (Å²) >= 11 is 6.05. The van der Waals surface area contributed by atoms with E-state index in [4.69, 9.17) is 11.6 Å². The summed E-state index contributed by atoms with van der Waals surface area (Å²) in [5.74, 6) is 0. The van der Waals surface area contributed by atoms with Gasteiger partial charge in [-0.05, 0) is 55.8 Å². The molecule has 4 rings (SSSR count). The molecule has 0 unspecified atom stereocenters. The molecule has 4 nitrogen and oxygen atoms in total. The van der Waals surface area contributed by atoms with Crippen LogP contribution in [-0.4, -0.2) is 15.0 Å². The minimum Gasteiger partial charge on any atom is -0.358 e. The van der Waals surface area contributed by atoms with Crippen molar-refractivity contribution in [2.24, 2.45) is 0 Å². The fourth-order valence-corrected chi connectivity index (χ4v) is 3.12. The lowest BCUT2D eigenvalue weighted by atomic mass is 10.1. The SMILES string of the molecule is Cc1cc(Nc2ccc(Cl)cc2C)c2c(ccc3ncnc32)[nH]1.Cl. The standard InChI is InChI=1S/C18H15ClN4.ClH/c1-10-7-12(19)3-4-13(10)23-16-8-11(2)22-14-5-6-15-18(17(14)16)21-9-20-15;/h3-9,22-23H,1-2H3;1H. The average molecular weight is 359 g/mol. The van der Waals surface area contributed by atoms with Gasteiger partial charge in [0.25, 0.3) is 0 Å². The number of halogens is 2. The molecule has 0 amide bonds. The number of imidazole rings is 1. The van der Waals surface area contributed by atoms with Crippen molar-refractivity contribution in [1.82, 2.24) is 15.0 Å². The lowest BCUT2D eigenvalue weighted by Gasteiger charge is -2.14. The number of H-pyrrole nitrogens is 1. The van der Waals surface area contributed by atoms with Crippen LogP contribution in [0.3, 0.4) is 0 Å². The zero-order valence-corrected chi connectivity index (χ0v) is 14.8. The highest BCUT2D eigenvalue weighted by atomic mass is 35.5. The molecule has 2 aromatic heterocycles. The Hall–Kier alpha value is -2.30. The summed E-state index contributed by atoms with van der Waals surface area (Å²) in [6.07, 6.45) is 1.60. The summed E-state index contributed by atoms with van der Waals surface area (Å²) in [6, 6.07) is 11.9. The molecule has 6 heteroatoms. The van der Waals surface area contributed by atoms with Gasteiger partial charge in [-0.15, -0.1) is 12.4 Å². The Balaban J connectivity index is 0.00000169. The lowest BCUT2D eigenvalue weighted by Crippen LogP contribution is -1.97. The van der Waals surface area contributed by atoms with Crippen LogP contribution in [0.5, 0.6) is 0 Å². The summed E-state index contributed by atoms with van der Waals surface area (Å²) in [7, 11) is 0. The molecule has 0 spiro atoms. The predicted octanol–water partition coefficient (Wildman–Crippen LogP) is 5.55. The summed E-state index contributed by atoms with van der Waals surface area (Å²) in [5, 5.41) is 5.30. The van der Waals surface area contributed by atoms with E-state index in [0.717, 1.165) is 49.6 Å². The molecule has 4 aromatic rings. The molecule has 0 fully saturated rings. The number of fused-ring (bicyclic) bond motifs is 3. The second kappa shape index (κ2) is 6.30. The molecule has 0 aliphatic carbocycles. The smallest absolute Gasteiger partial charge is 0.116 e. The van der Waals surface area contributed by atoms with Crippen LogP contribution in [0.25, 0.3) is 21.9 Å². The van der Waals surface area contributed by atoms with Crippen molar-refractivity contribution in [3.63, 3.8) is 0 Å². The number of aryl methyl sites for hydroxylation is 2. The van der Waals surface area contributed by atoms with E-state index >= 15 is 0 Å². The molecular formula is C18H16Cl2N4. The van der Waals surface area contributed by atoms with Gasteiger partial charge in [0.05, 0.1) is 11.2 Å². The van der Waals surface area contributed by atoms with E-state index in [2.05, 4.69) is 26.3 Å². The van der Waals surface area contributed by atoms with Crippen molar-refractivity contribution < 1.29 is 0 Å². The number of aromatic amines is 1. The van der Waals surface area contributed by atoms with Gasteiger partial charge in [-0.3, -0.25) is 0 Å². The Morgan fingerprint density at radius 3 is 2.62 bits per heavy atom. The molecule has 24 heavy (non-hydrogen) atoms. The molecule has 0 bridgehead atoms. The first-order valence-corrected chi connectivity index (χ1v) is 7.76. The van der Waals surface area contributed by atoms with Gasteiger partial charge in [0, 0.05) is 27.3 Å². The monoisotopic (exact) mass is 358 g/mol. The van der Waals surface area contributed by atoms with E-state index < -0.39 is 0 Å². The number of nitrogens with one attached hydrogen (secondary N) is 2. The Kier molecular flexibility index (Phi) is 4.35. The van der Waals surface area contributed by atoms with Crippen molar-refractivity contribution in [3.8, 4) is 0 Å². The van der Waals surface area contributed by atoms with Crippen LogP contribution in [0, 0.1) is 13.8 Å². The highest BCUT2D eigenvalue weighted by Crippen LogP contribution is 2.32. The van der Waals surface area contributed by atoms with Crippen LogP contribution in [0.4, 0.5) is 11.4 Å². The molecule has 0 radical (unpaired) electrons. The van der Waals surface area contributed by atoms with E-state index in [-0.39, 0.29) is 12.4 Å². The second-order valence-electron chi connectivity index (χ2n) is 5.68. The van der Waals surface area contributed by atoms with Crippen molar-refractivity contribution in [2.75, 3.05) is 5.32 Å². The molecule has 0 saturated heterocycles. The van der Waals surface area contributed by atoms with Crippen molar-refractivity contribution in [2.45, 2.75) is 13.8 Å². The van der Waals surface area contributed by atoms with Crippen LogP contribution in [0.15, 0.2) is 42.7 Å². The Bertz CT molecular complexity index is 1040. The van der Waals surface area contributed by atoms with Crippen molar-refractivity contribution in [3.05, 3.63) is 59.0 Å². The number of anilines is 2. The van der Waals surface area contributed by atoms with Gasteiger partial charge in [0.2, 0.25) is 0 Å².